The van der Waals surface area contributed by atoms with Gasteiger partial charge in [-0.15, -0.1) is 0 Å². The minimum absolute atomic E-state index is 0.316. The van der Waals surface area contributed by atoms with Crippen molar-refractivity contribution in [2.45, 2.75) is 39.0 Å². The topological polar surface area (TPSA) is 20.2 Å². The Morgan fingerprint density at radius 3 is 2.67 bits per heavy atom. The number of hydrogen-bond donors (Lipinski definition) is 1. The van der Waals surface area contributed by atoms with E-state index in [4.69, 9.17) is 5.11 Å². The molecule has 0 aromatic heterocycles. The zero-order valence-corrected chi connectivity index (χ0v) is 8.00. The second-order valence-corrected chi connectivity index (χ2v) is 3.92. The van der Waals surface area contributed by atoms with E-state index in [1.807, 2.05) is 0 Å². The molecule has 1 aliphatic carbocycles. The molecule has 0 heterocycles. The average molecular weight is 168 g/mol. The van der Waals surface area contributed by atoms with E-state index in [0.29, 0.717) is 12.5 Å². The van der Waals surface area contributed by atoms with Crippen LogP contribution >= 0.6 is 0 Å². The SMILES string of the molecule is CC(/C=C/C1CCCC1)CCO. The van der Waals surface area contributed by atoms with Crippen molar-refractivity contribution in [1.29, 1.82) is 0 Å². The molecule has 12 heavy (non-hydrogen) atoms. The Labute approximate surface area is 75.5 Å². The first-order valence-electron chi connectivity index (χ1n) is 5.12. The van der Waals surface area contributed by atoms with E-state index in [1.54, 1.807) is 0 Å². The summed E-state index contributed by atoms with van der Waals surface area (Å²) in [5.41, 5.74) is 0. The van der Waals surface area contributed by atoms with Crippen molar-refractivity contribution < 1.29 is 5.11 Å². The van der Waals surface area contributed by atoms with E-state index < -0.39 is 0 Å². The Morgan fingerprint density at radius 2 is 2.08 bits per heavy atom. The van der Waals surface area contributed by atoms with Crippen LogP contribution in [0.1, 0.15) is 39.0 Å². The minimum atomic E-state index is 0.316. The Morgan fingerprint density at radius 1 is 1.42 bits per heavy atom. The quantitative estimate of drug-likeness (QED) is 0.640. The molecule has 0 amide bonds. The molecule has 1 saturated carbocycles. The zero-order chi connectivity index (χ0) is 8.81. The van der Waals surface area contributed by atoms with E-state index in [-0.39, 0.29) is 0 Å². The van der Waals surface area contributed by atoms with Gasteiger partial charge in [0.15, 0.2) is 0 Å². The molecule has 1 nitrogen and oxygen atoms in total. The highest BCUT2D eigenvalue weighted by Gasteiger charge is 2.11. The molecular formula is C11H20O. The minimum Gasteiger partial charge on any atom is -0.396 e. The van der Waals surface area contributed by atoms with Crippen LogP contribution in [0.2, 0.25) is 0 Å². The van der Waals surface area contributed by atoms with Crippen molar-refractivity contribution in [3.8, 4) is 0 Å². The van der Waals surface area contributed by atoms with Crippen LogP contribution in [0.5, 0.6) is 0 Å². The van der Waals surface area contributed by atoms with Gasteiger partial charge in [0.2, 0.25) is 0 Å². The summed E-state index contributed by atoms with van der Waals surface area (Å²) in [5.74, 6) is 1.39. The molecule has 1 atom stereocenters. The molecule has 0 bridgehead atoms. The summed E-state index contributed by atoms with van der Waals surface area (Å²) in [7, 11) is 0. The van der Waals surface area contributed by atoms with Gasteiger partial charge in [-0.1, -0.05) is 31.9 Å². The maximum absolute atomic E-state index is 8.69. The first-order valence-corrected chi connectivity index (χ1v) is 5.12. The van der Waals surface area contributed by atoms with Gasteiger partial charge in [0, 0.05) is 6.61 Å². The van der Waals surface area contributed by atoms with Crippen molar-refractivity contribution in [3.63, 3.8) is 0 Å². The van der Waals surface area contributed by atoms with E-state index in [2.05, 4.69) is 19.1 Å². The summed E-state index contributed by atoms with van der Waals surface area (Å²) in [4.78, 5) is 0. The molecule has 1 N–H and O–H groups in total. The third kappa shape index (κ3) is 3.40. The van der Waals surface area contributed by atoms with Crippen LogP contribution in [0, 0.1) is 11.8 Å². The lowest BCUT2D eigenvalue weighted by atomic mass is 10.0. The molecule has 70 valence electrons. The average Bonchev–Trinajstić information content (AvgIpc) is 2.53. The summed E-state index contributed by atoms with van der Waals surface area (Å²) in [5, 5.41) is 8.69. The van der Waals surface area contributed by atoms with Crippen molar-refractivity contribution in [1.82, 2.24) is 0 Å². The van der Waals surface area contributed by atoms with Crippen LogP contribution in [0.25, 0.3) is 0 Å². The molecular weight excluding hydrogens is 148 g/mol. The summed E-state index contributed by atoms with van der Waals surface area (Å²) >= 11 is 0. The summed E-state index contributed by atoms with van der Waals surface area (Å²) in [6.45, 7) is 2.48. The molecule has 1 heteroatoms. The lowest BCUT2D eigenvalue weighted by Gasteiger charge is -2.04. The summed E-state index contributed by atoms with van der Waals surface area (Å²) in [6.07, 6.45) is 11.1. The van der Waals surface area contributed by atoms with Gasteiger partial charge >= 0.3 is 0 Å². The predicted octanol–water partition coefficient (Wildman–Crippen LogP) is 2.75. The second-order valence-electron chi connectivity index (χ2n) is 3.92. The largest absolute Gasteiger partial charge is 0.396 e. The molecule has 0 radical (unpaired) electrons. The van der Waals surface area contributed by atoms with Crippen molar-refractivity contribution in [2.24, 2.45) is 11.8 Å². The van der Waals surface area contributed by atoms with Gasteiger partial charge in [0.1, 0.15) is 0 Å². The van der Waals surface area contributed by atoms with E-state index in [1.165, 1.54) is 25.7 Å². The van der Waals surface area contributed by atoms with Crippen molar-refractivity contribution >= 4 is 0 Å². The van der Waals surface area contributed by atoms with Crippen LogP contribution in [0.3, 0.4) is 0 Å². The van der Waals surface area contributed by atoms with Gasteiger partial charge in [-0.25, -0.2) is 0 Å². The predicted molar refractivity (Wildman–Crippen MR) is 52.0 cm³/mol. The first-order chi connectivity index (χ1) is 5.83. The third-order valence-corrected chi connectivity index (χ3v) is 2.70. The highest BCUT2D eigenvalue weighted by molar-refractivity contribution is 4.93. The maximum Gasteiger partial charge on any atom is 0.0436 e. The lowest BCUT2D eigenvalue weighted by Crippen LogP contribution is -1.95. The van der Waals surface area contributed by atoms with Crippen LogP contribution in [0.4, 0.5) is 0 Å². The lowest BCUT2D eigenvalue weighted by molar-refractivity contribution is 0.274. The number of aliphatic hydroxyl groups is 1. The van der Waals surface area contributed by atoms with E-state index in [0.717, 1.165) is 12.3 Å². The zero-order valence-electron chi connectivity index (χ0n) is 8.00. The number of allylic oxidation sites excluding steroid dienone is 2. The fraction of sp³-hybridized carbons (Fsp3) is 0.818. The fourth-order valence-electron chi connectivity index (χ4n) is 1.80. The Kier molecular flexibility index (Phi) is 4.37. The van der Waals surface area contributed by atoms with Gasteiger partial charge < -0.3 is 5.11 Å². The monoisotopic (exact) mass is 168 g/mol. The first kappa shape index (κ1) is 9.79. The van der Waals surface area contributed by atoms with Gasteiger partial charge in [-0.2, -0.15) is 0 Å². The number of hydrogen-bond acceptors (Lipinski definition) is 1. The van der Waals surface area contributed by atoms with E-state index in [9.17, 15) is 0 Å². The highest BCUT2D eigenvalue weighted by Crippen LogP contribution is 2.26. The molecule has 1 fully saturated rings. The van der Waals surface area contributed by atoms with Crippen molar-refractivity contribution in [2.75, 3.05) is 6.61 Å². The van der Waals surface area contributed by atoms with E-state index >= 15 is 0 Å². The molecule has 0 spiro atoms. The van der Waals surface area contributed by atoms with Crippen LogP contribution in [-0.2, 0) is 0 Å². The third-order valence-electron chi connectivity index (χ3n) is 2.70. The number of rotatable bonds is 4. The van der Waals surface area contributed by atoms with Gasteiger partial charge in [0.25, 0.3) is 0 Å². The highest BCUT2D eigenvalue weighted by atomic mass is 16.2. The summed E-state index contributed by atoms with van der Waals surface area (Å²) < 4.78 is 0. The molecule has 0 aliphatic heterocycles. The Balaban J connectivity index is 2.18. The van der Waals surface area contributed by atoms with Crippen LogP contribution < -0.4 is 0 Å². The normalized spacial score (nSPS) is 22.2. The summed E-state index contributed by atoms with van der Waals surface area (Å²) in [6, 6.07) is 0. The smallest absolute Gasteiger partial charge is 0.0436 e. The fourth-order valence-corrected chi connectivity index (χ4v) is 1.80. The number of aliphatic hydroxyl groups excluding tert-OH is 1. The Hall–Kier alpha value is -0.300. The molecule has 1 unspecified atom stereocenters. The molecule has 0 aromatic carbocycles. The molecule has 0 saturated heterocycles. The van der Waals surface area contributed by atoms with Crippen LogP contribution in [0.15, 0.2) is 12.2 Å². The second kappa shape index (κ2) is 5.36. The Bertz CT molecular complexity index is 134. The molecule has 0 aromatic rings. The molecule has 1 aliphatic rings. The van der Waals surface area contributed by atoms with Gasteiger partial charge in [-0.3, -0.25) is 0 Å². The van der Waals surface area contributed by atoms with Gasteiger partial charge in [0.05, 0.1) is 0 Å². The van der Waals surface area contributed by atoms with Gasteiger partial charge in [-0.05, 0) is 31.1 Å². The standard InChI is InChI=1S/C11H20O/c1-10(8-9-12)6-7-11-4-2-3-5-11/h6-7,10-12H,2-5,8-9H2,1H3/b7-6+. The maximum atomic E-state index is 8.69. The van der Waals surface area contributed by atoms with Crippen molar-refractivity contribution in [3.05, 3.63) is 12.2 Å². The molecule has 1 rings (SSSR count). The van der Waals surface area contributed by atoms with Crippen LogP contribution in [-0.4, -0.2) is 11.7 Å².